The zero-order valence-electron chi connectivity index (χ0n) is 9.83. The molecule has 0 saturated heterocycles. The van der Waals surface area contributed by atoms with Crippen molar-refractivity contribution in [3.8, 4) is 0 Å². The lowest BCUT2D eigenvalue weighted by molar-refractivity contribution is -0.339. The van der Waals surface area contributed by atoms with E-state index in [1.807, 2.05) is 20.8 Å². The normalized spacial score (nSPS) is 17.8. The van der Waals surface area contributed by atoms with Crippen molar-refractivity contribution >= 4 is 0 Å². The summed E-state index contributed by atoms with van der Waals surface area (Å²) >= 11 is 0. The average molecular weight is 206 g/mol. The van der Waals surface area contributed by atoms with Crippen molar-refractivity contribution in [1.82, 2.24) is 0 Å². The van der Waals surface area contributed by atoms with Gasteiger partial charge in [-0.1, -0.05) is 6.92 Å². The first-order chi connectivity index (χ1) is 6.70. The summed E-state index contributed by atoms with van der Waals surface area (Å²) in [5, 5.41) is 0. The van der Waals surface area contributed by atoms with E-state index in [9.17, 15) is 0 Å². The summed E-state index contributed by atoms with van der Waals surface area (Å²) in [5.41, 5.74) is 0. The molecule has 0 spiro atoms. The molecule has 0 rings (SSSR count). The van der Waals surface area contributed by atoms with Gasteiger partial charge < -0.3 is 18.9 Å². The molecule has 0 aliphatic carbocycles. The summed E-state index contributed by atoms with van der Waals surface area (Å²) in [5.74, 6) is -0.792. The lowest BCUT2D eigenvalue weighted by Crippen LogP contribution is -2.48. The largest absolute Gasteiger partial charge is 0.351 e. The topological polar surface area (TPSA) is 36.9 Å². The quantitative estimate of drug-likeness (QED) is 0.567. The van der Waals surface area contributed by atoms with E-state index in [0.717, 1.165) is 0 Å². The molecule has 0 aliphatic heterocycles. The highest BCUT2D eigenvalue weighted by molar-refractivity contribution is 4.72. The highest BCUT2D eigenvalue weighted by Crippen LogP contribution is 2.24. The third kappa shape index (κ3) is 3.20. The Morgan fingerprint density at radius 3 is 2.00 bits per heavy atom. The highest BCUT2D eigenvalue weighted by Gasteiger charge is 2.39. The standard InChI is InChI=1S/C10H22O4/c1-6-10(12-5,14-8-3)9(11-4)13-7-2/h9H,6-8H2,1-5H3. The van der Waals surface area contributed by atoms with Crippen LogP contribution in [0.4, 0.5) is 0 Å². The minimum Gasteiger partial charge on any atom is -0.351 e. The van der Waals surface area contributed by atoms with Crippen molar-refractivity contribution in [3.05, 3.63) is 0 Å². The predicted octanol–water partition coefficient (Wildman–Crippen LogP) is 1.78. The Morgan fingerprint density at radius 1 is 1.07 bits per heavy atom. The van der Waals surface area contributed by atoms with Crippen LogP contribution < -0.4 is 0 Å². The molecule has 0 bridgehead atoms. The van der Waals surface area contributed by atoms with Gasteiger partial charge in [0, 0.05) is 33.9 Å². The minimum atomic E-state index is -0.792. The average Bonchev–Trinajstić information content (AvgIpc) is 2.23. The predicted molar refractivity (Wildman–Crippen MR) is 54.1 cm³/mol. The monoisotopic (exact) mass is 206 g/mol. The van der Waals surface area contributed by atoms with Crippen LogP contribution in [0.5, 0.6) is 0 Å². The van der Waals surface area contributed by atoms with E-state index in [-0.39, 0.29) is 0 Å². The Hall–Kier alpha value is -0.160. The summed E-state index contributed by atoms with van der Waals surface area (Å²) in [6.07, 6.45) is 0.193. The third-order valence-corrected chi connectivity index (χ3v) is 2.12. The van der Waals surface area contributed by atoms with Crippen LogP contribution in [0.3, 0.4) is 0 Å². The SMILES string of the molecule is CCOC(OC)C(CC)(OC)OCC. The van der Waals surface area contributed by atoms with Crippen molar-refractivity contribution in [1.29, 1.82) is 0 Å². The van der Waals surface area contributed by atoms with E-state index in [1.165, 1.54) is 0 Å². The van der Waals surface area contributed by atoms with Crippen LogP contribution in [0.2, 0.25) is 0 Å². The van der Waals surface area contributed by atoms with Gasteiger partial charge in [-0.05, 0) is 13.8 Å². The molecule has 0 N–H and O–H groups in total. The molecule has 0 heterocycles. The van der Waals surface area contributed by atoms with Crippen LogP contribution in [0, 0.1) is 0 Å². The van der Waals surface area contributed by atoms with Crippen LogP contribution in [0.25, 0.3) is 0 Å². The van der Waals surface area contributed by atoms with E-state index in [0.29, 0.717) is 19.6 Å². The van der Waals surface area contributed by atoms with Gasteiger partial charge in [0.15, 0.2) is 0 Å². The van der Waals surface area contributed by atoms with Gasteiger partial charge in [-0.3, -0.25) is 0 Å². The summed E-state index contributed by atoms with van der Waals surface area (Å²) < 4.78 is 21.6. The molecule has 0 aromatic heterocycles. The van der Waals surface area contributed by atoms with E-state index in [1.54, 1.807) is 14.2 Å². The molecular formula is C10H22O4. The van der Waals surface area contributed by atoms with Gasteiger partial charge in [0.25, 0.3) is 0 Å². The van der Waals surface area contributed by atoms with Crippen molar-refractivity contribution in [2.45, 2.75) is 39.3 Å². The summed E-state index contributed by atoms with van der Waals surface area (Å²) in [4.78, 5) is 0. The number of hydrogen-bond acceptors (Lipinski definition) is 4. The molecule has 0 aliphatic rings. The van der Waals surface area contributed by atoms with Gasteiger partial charge in [0.1, 0.15) is 0 Å². The second-order valence-corrected chi connectivity index (χ2v) is 2.83. The molecular weight excluding hydrogens is 184 g/mol. The first-order valence-electron chi connectivity index (χ1n) is 5.04. The van der Waals surface area contributed by atoms with E-state index in [2.05, 4.69) is 0 Å². The fourth-order valence-corrected chi connectivity index (χ4v) is 1.41. The second-order valence-electron chi connectivity index (χ2n) is 2.83. The van der Waals surface area contributed by atoms with Crippen molar-refractivity contribution in [2.24, 2.45) is 0 Å². The summed E-state index contributed by atoms with van der Waals surface area (Å²) in [6, 6.07) is 0. The van der Waals surface area contributed by atoms with Crippen LogP contribution in [-0.4, -0.2) is 39.5 Å². The van der Waals surface area contributed by atoms with Gasteiger partial charge in [0.2, 0.25) is 12.1 Å². The van der Waals surface area contributed by atoms with Gasteiger partial charge in [-0.25, -0.2) is 0 Å². The maximum atomic E-state index is 5.56. The second kappa shape index (κ2) is 7.17. The lowest BCUT2D eigenvalue weighted by atomic mass is 10.2. The molecule has 0 aromatic carbocycles. The minimum absolute atomic E-state index is 0.484. The van der Waals surface area contributed by atoms with E-state index in [4.69, 9.17) is 18.9 Å². The molecule has 0 amide bonds. The van der Waals surface area contributed by atoms with Crippen LogP contribution in [0.1, 0.15) is 27.2 Å². The number of methoxy groups -OCH3 is 2. The molecule has 2 atom stereocenters. The van der Waals surface area contributed by atoms with Crippen LogP contribution >= 0.6 is 0 Å². The first kappa shape index (κ1) is 13.8. The third-order valence-electron chi connectivity index (χ3n) is 2.12. The maximum Gasteiger partial charge on any atom is 0.220 e. The maximum absolute atomic E-state index is 5.56. The molecule has 14 heavy (non-hydrogen) atoms. The van der Waals surface area contributed by atoms with E-state index < -0.39 is 12.1 Å². The zero-order valence-corrected chi connectivity index (χ0v) is 9.83. The lowest BCUT2D eigenvalue weighted by Gasteiger charge is -2.36. The number of hydrogen-bond donors (Lipinski definition) is 0. The van der Waals surface area contributed by atoms with Crippen molar-refractivity contribution < 1.29 is 18.9 Å². The smallest absolute Gasteiger partial charge is 0.220 e. The first-order valence-corrected chi connectivity index (χ1v) is 5.04. The molecule has 0 saturated carbocycles. The Morgan fingerprint density at radius 2 is 1.71 bits per heavy atom. The van der Waals surface area contributed by atoms with Crippen LogP contribution in [0.15, 0.2) is 0 Å². The Kier molecular flexibility index (Phi) is 7.09. The van der Waals surface area contributed by atoms with Crippen molar-refractivity contribution in [3.63, 3.8) is 0 Å². The molecule has 2 unspecified atom stereocenters. The van der Waals surface area contributed by atoms with Gasteiger partial charge >= 0.3 is 0 Å². The van der Waals surface area contributed by atoms with Gasteiger partial charge in [0.05, 0.1) is 0 Å². The zero-order chi connectivity index (χ0) is 11.0. The Labute approximate surface area is 86.5 Å². The van der Waals surface area contributed by atoms with E-state index >= 15 is 0 Å². The number of rotatable bonds is 8. The molecule has 4 nitrogen and oxygen atoms in total. The summed E-state index contributed by atoms with van der Waals surface area (Å²) in [6.45, 7) is 6.94. The number of ether oxygens (including phenoxy) is 4. The summed E-state index contributed by atoms with van der Waals surface area (Å²) in [7, 11) is 3.19. The van der Waals surface area contributed by atoms with Gasteiger partial charge in [-0.15, -0.1) is 0 Å². The van der Waals surface area contributed by atoms with Crippen LogP contribution in [-0.2, 0) is 18.9 Å². The molecule has 4 heteroatoms. The molecule has 86 valence electrons. The Balaban J connectivity index is 4.54. The molecule has 0 radical (unpaired) electrons. The Bertz CT molecular complexity index is 134. The fraction of sp³-hybridized carbons (Fsp3) is 1.00. The fourth-order valence-electron chi connectivity index (χ4n) is 1.41. The molecule has 0 aromatic rings. The van der Waals surface area contributed by atoms with Crippen molar-refractivity contribution in [2.75, 3.05) is 27.4 Å². The highest BCUT2D eigenvalue weighted by atomic mass is 16.8. The van der Waals surface area contributed by atoms with Gasteiger partial charge in [-0.2, -0.15) is 0 Å². The molecule has 0 fully saturated rings.